The van der Waals surface area contributed by atoms with E-state index in [1.807, 2.05) is 13.8 Å². The first-order valence-electron chi connectivity index (χ1n) is 3.25. The minimum absolute atomic E-state index is 0.0972. The molecule has 2 nitrogen and oxygen atoms in total. The molecule has 1 radical (unpaired) electrons. The van der Waals surface area contributed by atoms with E-state index < -0.39 is 0 Å². The second-order valence-electron chi connectivity index (χ2n) is 2.33. The molecule has 0 saturated carbocycles. The van der Waals surface area contributed by atoms with Crippen LogP contribution in [0.25, 0.3) is 0 Å². The Hall–Kier alpha value is -0.530. The average molecular weight is 128 g/mol. The molecule has 1 amide bonds. The van der Waals surface area contributed by atoms with Crippen LogP contribution in [0.4, 0.5) is 0 Å². The van der Waals surface area contributed by atoms with Gasteiger partial charge in [-0.15, -0.1) is 0 Å². The highest BCUT2D eigenvalue weighted by Gasteiger charge is 1.98. The molecular weight excluding hydrogens is 114 g/mol. The van der Waals surface area contributed by atoms with Gasteiger partial charge in [-0.2, -0.15) is 0 Å². The summed E-state index contributed by atoms with van der Waals surface area (Å²) in [5.41, 5.74) is 0. The molecule has 1 N–H and O–H groups in total. The van der Waals surface area contributed by atoms with Crippen LogP contribution < -0.4 is 5.32 Å². The molecule has 0 aromatic carbocycles. The molecular formula is C7H14NO. The third-order valence-corrected chi connectivity index (χ3v) is 0.854. The predicted molar refractivity (Wildman–Crippen MR) is 37.9 cm³/mol. The Kier molecular flexibility index (Phi) is 4.10. The van der Waals surface area contributed by atoms with E-state index in [0.717, 1.165) is 0 Å². The van der Waals surface area contributed by atoms with Gasteiger partial charge in [0.15, 0.2) is 0 Å². The van der Waals surface area contributed by atoms with E-state index in [0.29, 0.717) is 12.8 Å². The summed E-state index contributed by atoms with van der Waals surface area (Å²) in [5.74, 6) is 0.0972. The maximum absolute atomic E-state index is 10.7. The van der Waals surface area contributed by atoms with Gasteiger partial charge in [-0.05, 0) is 20.3 Å². The Morgan fingerprint density at radius 2 is 2.22 bits per heavy atom. The van der Waals surface area contributed by atoms with Gasteiger partial charge in [0.1, 0.15) is 0 Å². The first kappa shape index (κ1) is 8.47. The molecule has 0 heterocycles. The Labute approximate surface area is 56.6 Å². The number of carbonyl (C=O) groups is 1. The van der Waals surface area contributed by atoms with Crippen molar-refractivity contribution in [2.45, 2.75) is 32.7 Å². The lowest BCUT2D eigenvalue weighted by molar-refractivity contribution is -0.121. The molecule has 0 fully saturated rings. The highest BCUT2D eigenvalue weighted by molar-refractivity contribution is 5.76. The van der Waals surface area contributed by atoms with Crippen LogP contribution in [0.2, 0.25) is 0 Å². The second-order valence-corrected chi connectivity index (χ2v) is 2.33. The monoisotopic (exact) mass is 128 g/mol. The number of hydrogen-bond acceptors (Lipinski definition) is 1. The molecule has 0 saturated heterocycles. The quantitative estimate of drug-likeness (QED) is 0.606. The van der Waals surface area contributed by atoms with Gasteiger partial charge >= 0.3 is 0 Å². The summed E-state index contributed by atoms with van der Waals surface area (Å²) in [6.07, 6.45) is 1.22. The third kappa shape index (κ3) is 5.34. The van der Waals surface area contributed by atoms with E-state index in [1.54, 1.807) is 0 Å². The normalized spacial score (nSPS) is 9.78. The van der Waals surface area contributed by atoms with Gasteiger partial charge in [-0.25, -0.2) is 0 Å². The summed E-state index contributed by atoms with van der Waals surface area (Å²) in [7, 11) is 0. The lowest BCUT2D eigenvalue weighted by Gasteiger charge is -2.05. The second kappa shape index (κ2) is 4.36. The van der Waals surface area contributed by atoms with Crippen molar-refractivity contribution < 1.29 is 4.79 Å². The number of carbonyl (C=O) groups excluding carboxylic acids is 1. The highest BCUT2D eigenvalue weighted by atomic mass is 16.1. The summed E-state index contributed by atoms with van der Waals surface area (Å²) in [5, 5.41) is 2.76. The summed E-state index contributed by atoms with van der Waals surface area (Å²) >= 11 is 0. The molecule has 0 aliphatic heterocycles. The average Bonchev–Trinajstić information content (AvgIpc) is 1.63. The maximum Gasteiger partial charge on any atom is 0.220 e. The van der Waals surface area contributed by atoms with Gasteiger partial charge in [-0.3, -0.25) is 4.79 Å². The smallest absolute Gasteiger partial charge is 0.220 e. The number of hydrogen-bond donors (Lipinski definition) is 1. The molecule has 0 aromatic rings. The summed E-state index contributed by atoms with van der Waals surface area (Å²) in [6.45, 7) is 7.46. The highest BCUT2D eigenvalue weighted by Crippen LogP contribution is 1.86. The van der Waals surface area contributed by atoms with E-state index in [-0.39, 0.29) is 11.9 Å². The van der Waals surface area contributed by atoms with Crippen molar-refractivity contribution in [2.24, 2.45) is 0 Å². The van der Waals surface area contributed by atoms with E-state index in [2.05, 4.69) is 12.2 Å². The van der Waals surface area contributed by atoms with Crippen LogP contribution >= 0.6 is 0 Å². The van der Waals surface area contributed by atoms with Crippen molar-refractivity contribution in [3.8, 4) is 0 Å². The first-order valence-corrected chi connectivity index (χ1v) is 3.25. The molecule has 9 heavy (non-hydrogen) atoms. The number of nitrogens with one attached hydrogen (secondary N) is 1. The van der Waals surface area contributed by atoms with Crippen molar-refractivity contribution in [1.29, 1.82) is 0 Å². The molecule has 0 bridgehead atoms. The minimum Gasteiger partial charge on any atom is -0.354 e. The Morgan fingerprint density at radius 3 is 2.56 bits per heavy atom. The SMILES string of the molecule is [CH2]CCC(=O)NC(C)C. The van der Waals surface area contributed by atoms with Crippen LogP contribution in [-0.4, -0.2) is 11.9 Å². The van der Waals surface area contributed by atoms with Crippen LogP contribution in [0, 0.1) is 6.92 Å². The Bertz CT molecular complexity index is 88.9. The molecule has 0 aromatic heterocycles. The van der Waals surface area contributed by atoms with E-state index in [1.165, 1.54) is 0 Å². The molecule has 2 heteroatoms. The zero-order valence-corrected chi connectivity index (χ0v) is 6.11. The molecule has 0 aliphatic rings. The first-order chi connectivity index (χ1) is 4.16. The van der Waals surface area contributed by atoms with Crippen LogP contribution in [0.15, 0.2) is 0 Å². The van der Waals surface area contributed by atoms with Crippen LogP contribution in [0.1, 0.15) is 26.7 Å². The predicted octanol–water partition coefficient (Wildman–Crippen LogP) is 1.13. The summed E-state index contributed by atoms with van der Waals surface area (Å²) in [4.78, 5) is 10.7. The molecule has 0 rings (SSSR count). The third-order valence-electron chi connectivity index (χ3n) is 0.854. The maximum atomic E-state index is 10.7. The topological polar surface area (TPSA) is 29.1 Å². The fourth-order valence-corrected chi connectivity index (χ4v) is 0.555. The minimum atomic E-state index is 0.0972. The van der Waals surface area contributed by atoms with Gasteiger partial charge in [0, 0.05) is 12.5 Å². The molecule has 53 valence electrons. The van der Waals surface area contributed by atoms with Crippen LogP contribution in [0.5, 0.6) is 0 Å². The number of amides is 1. The van der Waals surface area contributed by atoms with Gasteiger partial charge < -0.3 is 5.32 Å². The van der Waals surface area contributed by atoms with E-state index in [9.17, 15) is 4.79 Å². The van der Waals surface area contributed by atoms with Crippen LogP contribution in [0.3, 0.4) is 0 Å². The largest absolute Gasteiger partial charge is 0.354 e. The fourth-order valence-electron chi connectivity index (χ4n) is 0.555. The standard InChI is InChI=1S/C7H14NO/c1-4-5-7(9)8-6(2)3/h6H,1,4-5H2,2-3H3,(H,8,9). The lowest BCUT2D eigenvalue weighted by Crippen LogP contribution is -2.29. The molecule has 0 spiro atoms. The van der Waals surface area contributed by atoms with Crippen molar-refractivity contribution >= 4 is 5.91 Å². The van der Waals surface area contributed by atoms with E-state index >= 15 is 0 Å². The summed E-state index contributed by atoms with van der Waals surface area (Å²) in [6, 6.07) is 0.254. The van der Waals surface area contributed by atoms with Crippen molar-refractivity contribution in [2.75, 3.05) is 0 Å². The van der Waals surface area contributed by atoms with Crippen LogP contribution in [-0.2, 0) is 4.79 Å². The Balaban J connectivity index is 3.27. The molecule has 0 aliphatic carbocycles. The van der Waals surface area contributed by atoms with Crippen molar-refractivity contribution in [3.05, 3.63) is 6.92 Å². The van der Waals surface area contributed by atoms with E-state index in [4.69, 9.17) is 0 Å². The zero-order valence-electron chi connectivity index (χ0n) is 6.11. The fraction of sp³-hybridized carbons (Fsp3) is 0.714. The lowest BCUT2D eigenvalue weighted by atomic mass is 10.3. The Morgan fingerprint density at radius 1 is 1.67 bits per heavy atom. The van der Waals surface area contributed by atoms with Gasteiger partial charge in [0.2, 0.25) is 5.91 Å². The van der Waals surface area contributed by atoms with Gasteiger partial charge in [0.05, 0.1) is 0 Å². The zero-order chi connectivity index (χ0) is 7.28. The van der Waals surface area contributed by atoms with Crippen molar-refractivity contribution in [1.82, 2.24) is 5.32 Å². The van der Waals surface area contributed by atoms with Crippen molar-refractivity contribution in [3.63, 3.8) is 0 Å². The van der Waals surface area contributed by atoms with Gasteiger partial charge in [-0.1, -0.05) is 6.92 Å². The summed E-state index contributed by atoms with van der Waals surface area (Å²) < 4.78 is 0. The van der Waals surface area contributed by atoms with Gasteiger partial charge in [0.25, 0.3) is 0 Å². The number of rotatable bonds is 3. The molecule has 0 unspecified atom stereocenters. The molecule has 0 atom stereocenters.